The molecule has 11 heavy (non-hydrogen) atoms. The van der Waals surface area contributed by atoms with Gasteiger partial charge < -0.3 is 10.5 Å². The van der Waals surface area contributed by atoms with Crippen LogP contribution in [0.25, 0.3) is 0 Å². The van der Waals surface area contributed by atoms with Gasteiger partial charge in [0.15, 0.2) is 5.76 Å². The number of ether oxygens (including phenoxy) is 1. The second kappa shape index (κ2) is 2.42. The van der Waals surface area contributed by atoms with Crippen molar-refractivity contribution < 1.29 is 9.53 Å². The van der Waals surface area contributed by atoms with E-state index in [1.165, 1.54) is 0 Å². The highest BCUT2D eigenvalue weighted by Crippen LogP contribution is 2.26. The molecule has 1 aliphatic carbocycles. The summed E-state index contributed by atoms with van der Waals surface area (Å²) in [4.78, 5) is 10.9. The Morgan fingerprint density at radius 3 is 2.45 bits per heavy atom. The van der Waals surface area contributed by atoms with Crippen molar-refractivity contribution in [2.45, 2.75) is 20.0 Å². The fraction of sp³-hybridized carbons (Fsp3) is 0.375. The van der Waals surface area contributed by atoms with Crippen LogP contribution in [0.3, 0.4) is 0 Å². The van der Waals surface area contributed by atoms with Gasteiger partial charge in [0.1, 0.15) is 0 Å². The van der Waals surface area contributed by atoms with Crippen LogP contribution in [0.15, 0.2) is 23.6 Å². The summed E-state index contributed by atoms with van der Waals surface area (Å²) in [5.41, 5.74) is 6.19. The zero-order valence-electron chi connectivity index (χ0n) is 6.68. The zero-order chi connectivity index (χ0) is 8.59. The van der Waals surface area contributed by atoms with Crippen LogP contribution in [0, 0.1) is 0 Å². The van der Waals surface area contributed by atoms with Gasteiger partial charge in [0, 0.05) is 5.57 Å². The van der Waals surface area contributed by atoms with Gasteiger partial charge in [-0.05, 0) is 13.8 Å². The number of nitrogens with two attached hydrogens (primary N) is 1. The molecule has 0 aromatic heterocycles. The number of hydrogen-bond donors (Lipinski definition) is 1. The van der Waals surface area contributed by atoms with E-state index in [0.717, 1.165) is 0 Å². The standard InChI is InChI=1S/C8H11NO2/c1-4(2)11-8-6(9)5(3)7(8)10/h4H,3,9H2,1-2H3. The Hall–Kier alpha value is -1.25. The average molecular weight is 153 g/mol. The minimum atomic E-state index is -0.170. The summed E-state index contributed by atoms with van der Waals surface area (Å²) in [6.07, 6.45) is -0.0133. The molecule has 0 saturated carbocycles. The highest BCUT2D eigenvalue weighted by atomic mass is 16.5. The summed E-state index contributed by atoms with van der Waals surface area (Å²) in [6, 6.07) is 0. The van der Waals surface area contributed by atoms with E-state index in [0.29, 0.717) is 11.3 Å². The van der Waals surface area contributed by atoms with Crippen molar-refractivity contribution in [3.63, 3.8) is 0 Å². The Balaban J connectivity index is 2.75. The SMILES string of the molecule is C=C1C(=O)C(OC(C)C)=C1N. The lowest BCUT2D eigenvalue weighted by Crippen LogP contribution is -2.29. The number of hydrogen-bond acceptors (Lipinski definition) is 3. The van der Waals surface area contributed by atoms with Crippen molar-refractivity contribution >= 4 is 5.78 Å². The fourth-order valence-corrected chi connectivity index (χ4v) is 0.809. The predicted molar refractivity (Wildman–Crippen MR) is 41.6 cm³/mol. The molecule has 0 atom stereocenters. The summed E-state index contributed by atoms with van der Waals surface area (Å²) in [7, 11) is 0. The lowest BCUT2D eigenvalue weighted by molar-refractivity contribution is -0.117. The molecule has 3 heteroatoms. The summed E-state index contributed by atoms with van der Waals surface area (Å²) in [6.45, 7) is 7.15. The number of carbonyl (C=O) groups is 1. The third kappa shape index (κ3) is 1.13. The summed E-state index contributed by atoms with van der Waals surface area (Å²) in [5, 5.41) is 0. The molecule has 0 radical (unpaired) electrons. The molecule has 1 aliphatic rings. The van der Waals surface area contributed by atoms with Gasteiger partial charge in [-0.3, -0.25) is 4.79 Å². The average Bonchev–Trinajstić information content (AvgIpc) is 1.98. The van der Waals surface area contributed by atoms with Crippen LogP contribution in [0.2, 0.25) is 0 Å². The Morgan fingerprint density at radius 1 is 1.55 bits per heavy atom. The molecule has 0 heterocycles. The van der Waals surface area contributed by atoms with Crippen molar-refractivity contribution in [1.29, 1.82) is 0 Å². The van der Waals surface area contributed by atoms with Crippen molar-refractivity contribution in [1.82, 2.24) is 0 Å². The van der Waals surface area contributed by atoms with E-state index in [9.17, 15) is 4.79 Å². The van der Waals surface area contributed by atoms with Crippen LogP contribution in [-0.2, 0) is 9.53 Å². The van der Waals surface area contributed by atoms with Gasteiger partial charge in [-0.1, -0.05) is 6.58 Å². The van der Waals surface area contributed by atoms with Crippen LogP contribution in [-0.4, -0.2) is 11.9 Å². The molecule has 0 aliphatic heterocycles. The van der Waals surface area contributed by atoms with Crippen LogP contribution in [0.5, 0.6) is 0 Å². The van der Waals surface area contributed by atoms with Crippen molar-refractivity contribution in [3.8, 4) is 0 Å². The molecule has 60 valence electrons. The van der Waals surface area contributed by atoms with E-state index in [1.54, 1.807) is 0 Å². The van der Waals surface area contributed by atoms with Crippen molar-refractivity contribution in [2.75, 3.05) is 0 Å². The van der Waals surface area contributed by atoms with Crippen LogP contribution < -0.4 is 5.73 Å². The number of Topliss-reactive ketones (excluding diaryl/α,β-unsaturated/α-hetero) is 1. The maximum absolute atomic E-state index is 10.9. The third-order valence-corrected chi connectivity index (χ3v) is 1.40. The van der Waals surface area contributed by atoms with Gasteiger partial charge in [0.05, 0.1) is 11.8 Å². The Bertz CT molecular complexity index is 251. The molecule has 0 aromatic rings. The van der Waals surface area contributed by atoms with Crippen LogP contribution in [0.4, 0.5) is 0 Å². The van der Waals surface area contributed by atoms with E-state index >= 15 is 0 Å². The number of rotatable bonds is 2. The lowest BCUT2D eigenvalue weighted by atomic mass is 9.96. The molecule has 0 bridgehead atoms. The van der Waals surface area contributed by atoms with E-state index in [1.807, 2.05) is 13.8 Å². The first-order valence-electron chi connectivity index (χ1n) is 3.44. The first-order chi connectivity index (χ1) is 5.04. The van der Waals surface area contributed by atoms with E-state index < -0.39 is 0 Å². The molecule has 0 fully saturated rings. The minimum Gasteiger partial charge on any atom is -0.485 e. The topological polar surface area (TPSA) is 52.3 Å². The van der Waals surface area contributed by atoms with Crippen molar-refractivity contribution in [3.05, 3.63) is 23.6 Å². The second-order valence-electron chi connectivity index (χ2n) is 2.72. The van der Waals surface area contributed by atoms with Crippen molar-refractivity contribution in [2.24, 2.45) is 5.73 Å². The number of ketones is 1. The molecular weight excluding hydrogens is 142 g/mol. The summed E-state index contributed by atoms with van der Waals surface area (Å²) >= 11 is 0. The van der Waals surface area contributed by atoms with E-state index in [-0.39, 0.29) is 17.6 Å². The third-order valence-electron chi connectivity index (χ3n) is 1.40. The lowest BCUT2D eigenvalue weighted by Gasteiger charge is -2.23. The molecule has 0 spiro atoms. The van der Waals surface area contributed by atoms with E-state index in [2.05, 4.69) is 6.58 Å². The van der Waals surface area contributed by atoms with Gasteiger partial charge >= 0.3 is 0 Å². The molecule has 0 saturated heterocycles. The van der Waals surface area contributed by atoms with Gasteiger partial charge in [-0.2, -0.15) is 0 Å². The molecule has 3 nitrogen and oxygen atoms in total. The van der Waals surface area contributed by atoms with Gasteiger partial charge in [0.2, 0.25) is 5.78 Å². The quantitative estimate of drug-likeness (QED) is 0.595. The monoisotopic (exact) mass is 153 g/mol. The van der Waals surface area contributed by atoms with Gasteiger partial charge in [-0.15, -0.1) is 0 Å². The van der Waals surface area contributed by atoms with Gasteiger partial charge in [0.25, 0.3) is 0 Å². The molecule has 0 amide bonds. The predicted octanol–water partition coefficient (Wildman–Crippen LogP) is 0.721. The number of carbonyl (C=O) groups excluding carboxylic acids is 1. The largest absolute Gasteiger partial charge is 0.485 e. The number of allylic oxidation sites excluding steroid dienone is 2. The zero-order valence-corrected chi connectivity index (χ0v) is 6.68. The Labute approximate surface area is 65.5 Å². The highest BCUT2D eigenvalue weighted by Gasteiger charge is 2.32. The fourth-order valence-electron chi connectivity index (χ4n) is 0.809. The normalized spacial score (nSPS) is 17.4. The van der Waals surface area contributed by atoms with Crippen LogP contribution in [0.1, 0.15) is 13.8 Å². The molecule has 1 rings (SSSR count). The minimum absolute atomic E-state index is 0.0133. The maximum Gasteiger partial charge on any atom is 0.231 e. The van der Waals surface area contributed by atoms with E-state index in [4.69, 9.17) is 10.5 Å². The first kappa shape index (κ1) is 7.85. The summed E-state index contributed by atoms with van der Waals surface area (Å²) in [5.74, 6) is 0.0983. The molecule has 0 unspecified atom stereocenters. The smallest absolute Gasteiger partial charge is 0.231 e. The second-order valence-corrected chi connectivity index (χ2v) is 2.72. The Morgan fingerprint density at radius 2 is 2.09 bits per heavy atom. The van der Waals surface area contributed by atoms with Gasteiger partial charge in [-0.25, -0.2) is 0 Å². The highest BCUT2D eigenvalue weighted by molar-refractivity contribution is 6.17. The molecule has 0 aromatic carbocycles. The molecule has 2 N–H and O–H groups in total. The summed E-state index contributed by atoms with van der Waals surface area (Å²) < 4.78 is 5.13. The Kier molecular flexibility index (Phi) is 1.72. The molecular formula is C8H11NO2. The maximum atomic E-state index is 10.9. The first-order valence-corrected chi connectivity index (χ1v) is 3.44. The van der Waals surface area contributed by atoms with Crippen LogP contribution >= 0.6 is 0 Å².